The number of benzene rings is 1. The summed E-state index contributed by atoms with van der Waals surface area (Å²) in [6, 6.07) is 5.43. The van der Waals surface area contributed by atoms with Crippen molar-refractivity contribution in [1.29, 1.82) is 0 Å². The minimum Gasteiger partial charge on any atom is -0.452 e. The summed E-state index contributed by atoms with van der Waals surface area (Å²) in [7, 11) is 0. The predicted molar refractivity (Wildman–Crippen MR) is 69.9 cm³/mol. The first kappa shape index (κ1) is 13.3. The highest BCUT2D eigenvalue weighted by Gasteiger charge is 2.27. The molecule has 0 unspecified atom stereocenters. The second-order valence-electron chi connectivity index (χ2n) is 4.80. The molecule has 0 heterocycles. The van der Waals surface area contributed by atoms with Crippen molar-refractivity contribution in [1.82, 2.24) is 0 Å². The van der Waals surface area contributed by atoms with E-state index in [0.717, 1.165) is 19.3 Å². The lowest BCUT2D eigenvalue weighted by molar-refractivity contribution is -0.384. The largest absolute Gasteiger partial charge is 0.452 e. The zero-order valence-corrected chi connectivity index (χ0v) is 10.7. The number of allylic oxidation sites excluding steroid dienone is 1. The Bertz CT molecular complexity index is 521. The monoisotopic (exact) mass is 261 g/mol. The van der Waals surface area contributed by atoms with Crippen molar-refractivity contribution < 1.29 is 14.5 Å². The van der Waals surface area contributed by atoms with Gasteiger partial charge in [-0.2, -0.15) is 0 Å². The highest BCUT2D eigenvalue weighted by Crippen LogP contribution is 2.26. The zero-order valence-electron chi connectivity index (χ0n) is 10.7. The van der Waals surface area contributed by atoms with E-state index in [1.807, 2.05) is 19.1 Å². The fourth-order valence-corrected chi connectivity index (χ4v) is 2.06. The smallest absolute Gasteiger partial charge is 0.338 e. The fraction of sp³-hybridized carbons (Fsp3) is 0.357. The standard InChI is InChI=1S/C14H15NO4/c1-14(9-3-2-4-10-14)19-13(16)11-5-7-12(8-6-11)15(17)18/h3,5-9H,2,4,10H2,1H3/t14-/m1/s1. The summed E-state index contributed by atoms with van der Waals surface area (Å²) in [5.41, 5.74) is -0.289. The number of nitrogens with zero attached hydrogens (tertiary/aromatic N) is 1. The Morgan fingerprint density at radius 3 is 2.58 bits per heavy atom. The highest BCUT2D eigenvalue weighted by atomic mass is 16.6. The van der Waals surface area contributed by atoms with Crippen LogP contribution in [0.2, 0.25) is 0 Å². The zero-order chi connectivity index (χ0) is 13.9. The lowest BCUT2D eigenvalue weighted by atomic mass is 9.93. The van der Waals surface area contributed by atoms with Gasteiger partial charge in [0.1, 0.15) is 5.60 Å². The second kappa shape index (κ2) is 5.22. The van der Waals surface area contributed by atoms with Crippen molar-refractivity contribution in [3.05, 3.63) is 52.1 Å². The van der Waals surface area contributed by atoms with Gasteiger partial charge in [0.2, 0.25) is 0 Å². The maximum Gasteiger partial charge on any atom is 0.338 e. The quantitative estimate of drug-likeness (QED) is 0.362. The molecule has 0 bridgehead atoms. The van der Waals surface area contributed by atoms with Gasteiger partial charge in [0.15, 0.2) is 0 Å². The third kappa shape index (κ3) is 3.19. The number of ether oxygens (including phenoxy) is 1. The van der Waals surface area contributed by atoms with Crippen molar-refractivity contribution >= 4 is 11.7 Å². The van der Waals surface area contributed by atoms with Gasteiger partial charge in [0, 0.05) is 12.1 Å². The molecule has 0 aromatic heterocycles. The van der Waals surface area contributed by atoms with Crippen LogP contribution in [0.3, 0.4) is 0 Å². The molecule has 5 nitrogen and oxygen atoms in total. The number of nitro groups is 1. The molecule has 1 aliphatic carbocycles. The molecule has 0 spiro atoms. The lowest BCUT2D eigenvalue weighted by Crippen LogP contribution is -2.30. The Morgan fingerprint density at radius 1 is 1.37 bits per heavy atom. The molecule has 0 saturated heterocycles. The number of hydrogen-bond acceptors (Lipinski definition) is 4. The summed E-state index contributed by atoms with van der Waals surface area (Å²) < 4.78 is 5.47. The molecule has 0 fully saturated rings. The molecule has 0 radical (unpaired) electrons. The first-order valence-electron chi connectivity index (χ1n) is 6.16. The maximum absolute atomic E-state index is 12.0. The van der Waals surface area contributed by atoms with Crippen LogP contribution in [0.15, 0.2) is 36.4 Å². The Kier molecular flexibility index (Phi) is 3.64. The molecule has 1 aliphatic rings. The van der Waals surface area contributed by atoms with Crippen molar-refractivity contribution in [2.24, 2.45) is 0 Å². The van der Waals surface area contributed by atoms with Crippen LogP contribution in [-0.4, -0.2) is 16.5 Å². The molecule has 0 N–H and O–H groups in total. The van der Waals surface area contributed by atoms with Crippen LogP contribution in [0, 0.1) is 10.1 Å². The molecule has 100 valence electrons. The van der Waals surface area contributed by atoms with E-state index in [4.69, 9.17) is 4.74 Å². The van der Waals surface area contributed by atoms with Gasteiger partial charge in [-0.1, -0.05) is 6.08 Å². The van der Waals surface area contributed by atoms with E-state index in [1.54, 1.807) is 0 Å². The van der Waals surface area contributed by atoms with Crippen LogP contribution < -0.4 is 0 Å². The lowest BCUT2D eigenvalue weighted by Gasteiger charge is -2.28. The van der Waals surface area contributed by atoms with Gasteiger partial charge < -0.3 is 4.74 Å². The van der Waals surface area contributed by atoms with Gasteiger partial charge >= 0.3 is 5.97 Å². The number of non-ortho nitro benzene ring substituents is 1. The molecule has 0 aliphatic heterocycles. The van der Waals surface area contributed by atoms with Gasteiger partial charge in [-0.05, 0) is 44.4 Å². The van der Waals surface area contributed by atoms with Crippen molar-refractivity contribution in [3.8, 4) is 0 Å². The molecular weight excluding hydrogens is 246 g/mol. The maximum atomic E-state index is 12.0. The Labute approximate surface area is 111 Å². The average molecular weight is 261 g/mol. The van der Waals surface area contributed by atoms with Crippen LogP contribution in [0.25, 0.3) is 0 Å². The van der Waals surface area contributed by atoms with Crippen molar-refractivity contribution in [3.63, 3.8) is 0 Å². The Morgan fingerprint density at radius 2 is 2.05 bits per heavy atom. The number of esters is 1. The minimum absolute atomic E-state index is 0.0414. The van der Waals surface area contributed by atoms with Crippen LogP contribution in [0.1, 0.15) is 36.5 Å². The molecule has 0 amide bonds. The topological polar surface area (TPSA) is 69.4 Å². The van der Waals surface area contributed by atoms with E-state index in [9.17, 15) is 14.9 Å². The van der Waals surface area contributed by atoms with E-state index in [0.29, 0.717) is 5.56 Å². The number of nitro benzene ring substituents is 1. The van der Waals surface area contributed by atoms with Gasteiger partial charge in [-0.15, -0.1) is 0 Å². The van der Waals surface area contributed by atoms with E-state index in [2.05, 4.69) is 0 Å². The van der Waals surface area contributed by atoms with Gasteiger partial charge in [0.25, 0.3) is 5.69 Å². The molecule has 0 saturated carbocycles. The van der Waals surface area contributed by atoms with E-state index in [-0.39, 0.29) is 5.69 Å². The van der Waals surface area contributed by atoms with E-state index in [1.165, 1.54) is 24.3 Å². The van der Waals surface area contributed by atoms with Gasteiger partial charge in [-0.3, -0.25) is 10.1 Å². The molecule has 1 aromatic rings. The van der Waals surface area contributed by atoms with Crippen LogP contribution >= 0.6 is 0 Å². The summed E-state index contributed by atoms with van der Waals surface area (Å²) >= 11 is 0. The summed E-state index contributed by atoms with van der Waals surface area (Å²) in [6.45, 7) is 1.87. The molecule has 1 aromatic carbocycles. The Balaban J connectivity index is 2.09. The Hall–Kier alpha value is -2.17. The summed E-state index contributed by atoms with van der Waals surface area (Å²) in [6.07, 6.45) is 6.69. The summed E-state index contributed by atoms with van der Waals surface area (Å²) in [5.74, 6) is -0.455. The van der Waals surface area contributed by atoms with Gasteiger partial charge in [0.05, 0.1) is 10.5 Å². The number of carbonyl (C=O) groups excluding carboxylic acids is 1. The molecule has 1 atom stereocenters. The minimum atomic E-state index is -0.572. The van der Waals surface area contributed by atoms with E-state index >= 15 is 0 Å². The number of rotatable bonds is 3. The van der Waals surface area contributed by atoms with E-state index < -0.39 is 16.5 Å². The molecular formula is C14H15NO4. The van der Waals surface area contributed by atoms with Crippen LogP contribution in [0.5, 0.6) is 0 Å². The first-order valence-corrected chi connectivity index (χ1v) is 6.16. The predicted octanol–water partition coefficient (Wildman–Crippen LogP) is 3.25. The third-order valence-corrected chi connectivity index (χ3v) is 3.15. The van der Waals surface area contributed by atoms with Crippen molar-refractivity contribution in [2.45, 2.75) is 31.8 Å². The highest BCUT2D eigenvalue weighted by molar-refractivity contribution is 5.90. The third-order valence-electron chi connectivity index (χ3n) is 3.15. The van der Waals surface area contributed by atoms with Crippen LogP contribution in [-0.2, 0) is 4.74 Å². The molecule has 19 heavy (non-hydrogen) atoms. The second-order valence-corrected chi connectivity index (χ2v) is 4.80. The van der Waals surface area contributed by atoms with Gasteiger partial charge in [-0.25, -0.2) is 4.79 Å². The van der Waals surface area contributed by atoms with Crippen molar-refractivity contribution in [2.75, 3.05) is 0 Å². The number of hydrogen-bond donors (Lipinski definition) is 0. The molecule has 5 heteroatoms. The summed E-state index contributed by atoms with van der Waals surface area (Å²) in [5, 5.41) is 10.5. The fourth-order valence-electron chi connectivity index (χ4n) is 2.06. The normalized spacial score (nSPS) is 21.9. The molecule has 2 rings (SSSR count). The summed E-state index contributed by atoms with van der Waals surface area (Å²) in [4.78, 5) is 22.0. The SMILES string of the molecule is C[C@@]1(OC(=O)c2ccc([N+](=O)[O-])cc2)C=CCCC1. The average Bonchev–Trinajstić information content (AvgIpc) is 2.39. The number of carbonyl (C=O) groups is 1. The first-order chi connectivity index (χ1) is 9.00. The van der Waals surface area contributed by atoms with Crippen LogP contribution in [0.4, 0.5) is 5.69 Å².